The van der Waals surface area contributed by atoms with Crippen LogP contribution in [-0.4, -0.2) is 15.1 Å². The van der Waals surface area contributed by atoms with Gasteiger partial charge in [-0.15, -0.1) is 11.3 Å². The van der Waals surface area contributed by atoms with Crippen molar-refractivity contribution in [2.75, 3.05) is 0 Å². The van der Waals surface area contributed by atoms with E-state index in [9.17, 15) is 5.11 Å². The number of benzene rings is 1. The predicted molar refractivity (Wildman–Crippen MR) is 74.3 cm³/mol. The van der Waals surface area contributed by atoms with Crippen molar-refractivity contribution in [3.05, 3.63) is 42.7 Å². The summed E-state index contributed by atoms with van der Waals surface area (Å²) in [5.74, 6) is 0.860. The van der Waals surface area contributed by atoms with Crippen LogP contribution < -0.4 is 0 Å². The summed E-state index contributed by atoms with van der Waals surface area (Å²) >= 11 is 1.40. The molecule has 3 aromatic heterocycles. The molecule has 0 fully saturated rings. The number of thiazole rings is 1. The van der Waals surface area contributed by atoms with Crippen molar-refractivity contribution in [2.45, 2.75) is 0 Å². The molecule has 4 rings (SSSR count). The van der Waals surface area contributed by atoms with E-state index < -0.39 is 0 Å². The van der Waals surface area contributed by atoms with Crippen LogP contribution >= 0.6 is 11.3 Å². The molecule has 0 radical (unpaired) electrons. The van der Waals surface area contributed by atoms with Crippen molar-refractivity contribution in [2.24, 2.45) is 0 Å². The van der Waals surface area contributed by atoms with E-state index in [1.54, 1.807) is 6.20 Å². The second kappa shape index (κ2) is 3.80. The van der Waals surface area contributed by atoms with Gasteiger partial charge in [0.1, 0.15) is 11.1 Å². The molecule has 0 atom stereocenters. The zero-order valence-electron chi connectivity index (χ0n) is 9.70. The third-order valence-electron chi connectivity index (χ3n) is 2.92. The van der Waals surface area contributed by atoms with Crippen LogP contribution in [0.1, 0.15) is 0 Å². The molecule has 1 aromatic carbocycles. The monoisotopic (exact) mass is 268 g/mol. The van der Waals surface area contributed by atoms with E-state index in [1.165, 1.54) is 17.5 Å². The molecule has 92 valence electrons. The Kier molecular flexibility index (Phi) is 2.10. The number of nitrogens with zero attached hydrogens (tertiary/aromatic N) is 2. The number of fused-ring (bicyclic) bond motifs is 2. The van der Waals surface area contributed by atoms with Crippen molar-refractivity contribution >= 4 is 32.5 Å². The van der Waals surface area contributed by atoms with Gasteiger partial charge in [0, 0.05) is 5.39 Å². The predicted octanol–water partition coefficient (Wildman–Crippen LogP) is 3.81. The quantitative estimate of drug-likeness (QED) is 0.570. The minimum atomic E-state index is 0.150. The molecule has 0 bridgehead atoms. The Labute approximate surface area is 112 Å². The van der Waals surface area contributed by atoms with E-state index in [0.29, 0.717) is 11.3 Å². The van der Waals surface area contributed by atoms with E-state index in [2.05, 4.69) is 9.97 Å². The lowest BCUT2D eigenvalue weighted by Gasteiger charge is -1.88. The van der Waals surface area contributed by atoms with E-state index in [4.69, 9.17) is 4.42 Å². The van der Waals surface area contributed by atoms with Gasteiger partial charge in [-0.3, -0.25) is 4.98 Å². The summed E-state index contributed by atoms with van der Waals surface area (Å²) in [6.07, 6.45) is 3.06. The molecule has 0 aliphatic heterocycles. The van der Waals surface area contributed by atoms with Crippen molar-refractivity contribution in [1.82, 2.24) is 9.97 Å². The first-order valence-electron chi connectivity index (χ1n) is 5.74. The second-order valence-corrected chi connectivity index (χ2v) is 5.17. The highest BCUT2D eigenvalue weighted by Gasteiger charge is 2.13. The SMILES string of the molecule is Oc1cncc2nc(-c3cc4ccccc4o3)sc12. The van der Waals surface area contributed by atoms with Crippen LogP contribution in [0, 0.1) is 0 Å². The Morgan fingerprint density at radius 2 is 2.05 bits per heavy atom. The maximum absolute atomic E-state index is 9.75. The number of aromatic nitrogens is 2. The van der Waals surface area contributed by atoms with Gasteiger partial charge in [-0.25, -0.2) is 4.98 Å². The molecular weight excluding hydrogens is 260 g/mol. The Morgan fingerprint density at radius 1 is 1.16 bits per heavy atom. The molecule has 19 heavy (non-hydrogen) atoms. The van der Waals surface area contributed by atoms with Gasteiger partial charge in [-0.1, -0.05) is 18.2 Å². The number of furan rings is 1. The highest BCUT2D eigenvalue weighted by atomic mass is 32.1. The highest BCUT2D eigenvalue weighted by Crippen LogP contribution is 2.36. The summed E-state index contributed by atoms with van der Waals surface area (Å²) in [4.78, 5) is 8.37. The first kappa shape index (κ1) is 10.5. The highest BCUT2D eigenvalue weighted by molar-refractivity contribution is 7.22. The Hall–Kier alpha value is -2.40. The molecule has 3 heterocycles. The number of hydrogen-bond acceptors (Lipinski definition) is 5. The van der Waals surface area contributed by atoms with Crippen LogP contribution in [0.15, 0.2) is 47.1 Å². The van der Waals surface area contributed by atoms with Gasteiger partial charge >= 0.3 is 0 Å². The van der Waals surface area contributed by atoms with E-state index in [1.807, 2.05) is 30.3 Å². The number of pyridine rings is 1. The normalized spacial score (nSPS) is 11.4. The van der Waals surface area contributed by atoms with Gasteiger partial charge < -0.3 is 9.52 Å². The zero-order chi connectivity index (χ0) is 12.8. The molecule has 0 aliphatic rings. The molecule has 4 nitrogen and oxygen atoms in total. The number of aromatic hydroxyl groups is 1. The molecular formula is C14H8N2O2S. The van der Waals surface area contributed by atoms with Gasteiger partial charge in [0.15, 0.2) is 16.5 Å². The fraction of sp³-hybridized carbons (Fsp3) is 0. The van der Waals surface area contributed by atoms with E-state index >= 15 is 0 Å². The van der Waals surface area contributed by atoms with Crippen LogP contribution in [0.4, 0.5) is 0 Å². The molecule has 1 N–H and O–H groups in total. The molecule has 5 heteroatoms. The number of para-hydroxylation sites is 1. The van der Waals surface area contributed by atoms with Gasteiger partial charge in [-0.05, 0) is 12.1 Å². The minimum absolute atomic E-state index is 0.150. The van der Waals surface area contributed by atoms with Gasteiger partial charge in [0.2, 0.25) is 0 Å². The number of rotatable bonds is 1. The van der Waals surface area contributed by atoms with E-state index in [-0.39, 0.29) is 5.75 Å². The van der Waals surface area contributed by atoms with Crippen molar-refractivity contribution < 1.29 is 9.52 Å². The lowest BCUT2D eigenvalue weighted by Crippen LogP contribution is -1.73. The van der Waals surface area contributed by atoms with Crippen LogP contribution in [-0.2, 0) is 0 Å². The summed E-state index contributed by atoms with van der Waals surface area (Å²) in [5.41, 5.74) is 1.51. The topological polar surface area (TPSA) is 59.2 Å². The molecule has 0 aliphatic carbocycles. The first-order chi connectivity index (χ1) is 9.31. The lowest BCUT2D eigenvalue weighted by molar-refractivity contribution is 0.480. The Balaban J connectivity index is 1.96. The maximum atomic E-state index is 9.75. The fourth-order valence-corrected chi connectivity index (χ4v) is 2.93. The van der Waals surface area contributed by atoms with Gasteiger partial charge in [0.25, 0.3) is 0 Å². The molecule has 0 saturated heterocycles. The average molecular weight is 268 g/mol. The summed E-state index contributed by atoms with van der Waals surface area (Å²) in [7, 11) is 0. The van der Waals surface area contributed by atoms with E-state index in [0.717, 1.165) is 20.7 Å². The molecule has 0 amide bonds. The van der Waals surface area contributed by atoms with Crippen molar-refractivity contribution in [1.29, 1.82) is 0 Å². The third-order valence-corrected chi connectivity index (χ3v) is 4.02. The molecule has 0 unspecified atom stereocenters. The lowest BCUT2D eigenvalue weighted by atomic mass is 10.2. The van der Waals surface area contributed by atoms with Crippen molar-refractivity contribution in [3.63, 3.8) is 0 Å². The Morgan fingerprint density at radius 3 is 2.89 bits per heavy atom. The maximum Gasteiger partial charge on any atom is 0.164 e. The summed E-state index contributed by atoms with van der Waals surface area (Å²) in [6.45, 7) is 0. The Bertz CT molecular complexity index is 862. The summed E-state index contributed by atoms with van der Waals surface area (Å²) in [6, 6.07) is 9.77. The average Bonchev–Trinajstić information content (AvgIpc) is 3.02. The fourth-order valence-electron chi connectivity index (χ4n) is 2.03. The standard InChI is InChI=1S/C14H8N2O2S/c17-10-7-15-6-9-13(10)19-14(16-9)12-5-8-3-1-2-4-11(8)18-12/h1-7,17H. The van der Waals surface area contributed by atoms with Gasteiger partial charge in [-0.2, -0.15) is 0 Å². The zero-order valence-corrected chi connectivity index (χ0v) is 10.5. The first-order valence-corrected chi connectivity index (χ1v) is 6.55. The smallest absolute Gasteiger partial charge is 0.164 e. The van der Waals surface area contributed by atoms with Crippen molar-refractivity contribution in [3.8, 4) is 16.5 Å². The molecule has 4 aromatic rings. The third kappa shape index (κ3) is 1.59. The van der Waals surface area contributed by atoms with Gasteiger partial charge in [0.05, 0.1) is 17.1 Å². The van der Waals surface area contributed by atoms with Crippen LogP contribution in [0.2, 0.25) is 0 Å². The molecule has 0 spiro atoms. The largest absolute Gasteiger partial charge is 0.505 e. The number of hydrogen-bond donors (Lipinski definition) is 1. The molecule has 0 saturated carbocycles. The summed E-state index contributed by atoms with van der Waals surface area (Å²) in [5, 5.41) is 11.5. The minimum Gasteiger partial charge on any atom is -0.505 e. The second-order valence-electron chi connectivity index (χ2n) is 4.17. The van der Waals surface area contributed by atoms with Crippen LogP contribution in [0.25, 0.3) is 32.0 Å². The summed E-state index contributed by atoms with van der Waals surface area (Å²) < 4.78 is 6.50. The van der Waals surface area contributed by atoms with Crippen LogP contribution in [0.3, 0.4) is 0 Å². The van der Waals surface area contributed by atoms with Crippen LogP contribution in [0.5, 0.6) is 5.75 Å².